The van der Waals surface area contributed by atoms with E-state index in [0.717, 1.165) is 33.1 Å². The van der Waals surface area contributed by atoms with E-state index in [9.17, 15) is 0 Å². The Morgan fingerprint density at radius 1 is 0.952 bits per heavy atom. The maximum Gasteiger partial charge on any atom is 0.167 e. The number of hydrogen-bond donors (Lipinski definition) is 1. The predicted octanol–water partition coefficient (Wildman–Crippen LogP) is 4.66. The van der Waals surface area contributed by atoms with Gasteiger partial charge in [0, 0.05) is 10.9 Å². The van der Waals surface area contributed by atoms with Crippen molar-refractivity contribution < 1.29 is 0 Å². The van der Waals surface area contributed by atoms with Gasteiger partial charge in [-0.1, -0.05) is 42.5 Å². The number of hydrogen-bond acceptors (Lipinski definition) is 3. The molecule has 0 atom stereocenters. The van der Waals surface area contributed by atoms with Crippen LogP contribution in [0.4, 0.5) is 0 Å². The zero-order valence-corrected chi connectivity index (χ0v) is 12.3. The molecule has 0 saturated carbocycles. The summed E-state index contributed by atoms with van der Waals surface area (Å²) in [4.78, 5) is 12.7. The van der Waals surface area contributed by atoms with Gasteiger partial charge < -0.3 is 4.98 Å². The van der Waals surface area contributed by atoms with E-state index in [1.165, 1.54) is 5.56 Å². The summed E-state index contributed by atoms with van der Waals surface area (Å²) in [7, 11) is 0. The van der Waals surface area contributed by atoms with E-state index in [1.807, 2.05) is 30.3 Å². The topological polar surface area (TPSA) is 41.6 Å². The highest BCUT2D eigenvalue weighted by atomic mass is 32.1. The molecule has 0 saturated heterocycles. The van der Waals surface area contributed by atoms with E-state index in [1.54, 1.807) is 11.3 Å². The van der Waals surface area contributed by atoms with Crippen LogP contribution in [0.3, 0.4) is 0 Å². The van der Waals surface area contributed by atoms with Gasteiger partial charge in [-0.3, -0.25) is 0 Å². The fourth-order valence-corrected chi connectivity index (χ4v) is 3.17. The minimum absolute atomic E-state index is 0.839. The lowest BCUT2D eigenvalue weighted by Gasteiger charge is -1.93. The Bertz CT molecular complexity index is 906. The minimum Gasteiger partial charge on any atom is -0.336 e. The highest BCUT2D eigenvalue weighted by molar-refractivity contribution is 7.13. The van der Waals surface area contributed by atoms with E-state index in [-0.39, 0.29) is 0 Å². The monoisotopic (exact) mass is 291 g/mol. The van der Waals surface area contributed by atoms with Crippen LogP contribution in [-0.4, -0.2) is 15.0 Å². The molecular weight excluding hydrogens is 278 g/mol. The number of H-pyrrole nitrogens is 1. The summed E-state index contributed by atoms with van der Waals surface area (Å²) >= 11 is 1.61. The number of nitrogens with zero attached hydrogens (tertiary/aromatic N) is 2. The van der Waals surface area contributed by atoms with Gasteiger partial charge in [-0.15, -0.1) is 11.3 Å². The molecule has 0 aliphatic heterocycles. The van der Waals surface area contributed by atoms with E-state index in [2.05, 4.69) is 40.5 Å². The van der Waals surface area contributed by atoms with Gasteiger partial charge in [0.2, 0.25) is 0 Å². The zero-order valence-electron chi connectivity index (χ0n) is 11.5. The molecule has 0 unspecified atom stereocenters. The van der Waals surface area contributed by atoms with Crippen molar-refractivity contribution >= 4 is 22.4 Å². The van der Waals surface area contributed by atoms with Crippen molar-refractivity contribution in [3.63, 3.8) is 0 Å². The number of aromatic amines is 1. The fraction of sp³-hybridized carbons (Fsp3) is 0.0588. The van der Waals surface area contributed by atoms with Crippen molar-refractivity contribution in [2.75, 3.05) is 0 Å². The molecule has 0 radical (unpaired) electrons. The van der Waals surface area contributed by atoms with Gasteiger partial charge in [-0.05, 0) is 18.6 Å². The number of fused-ring (bicyclic) bond motifs is 1. The maximum atomic E-state index is 4.70. The number of aryl methyl sites for hydroxylation is 1. The second kappa shape index (κ2) is 4.82. The number of benzene rings is 2. The largest absolute Gasteiger partial charge is 0.336 e. The van der Waals surface area contributed by atoms with Gasteiger partial charge in [-0.2, -0.15) is 0 Å². The summed E-state index contributed by atoms with van der Waals surface area (Å²) in [5.41, 5.74) is 5.38. The fourth-order valence-electron chi connectivity index (χ4n) is 2.40. The highest BCUT2D eigenvalue weighted by Gasteiger charge is 2.11. The SMILES string of the molecule is Cc1cccc2[nH]c(-c3nc(-c4ccccc4)cs3)nc12. The van der Waals surface area contributed by atoms with Gasteiger partial charge in [0.15, 0.2) is 10.8 Å². The lowest BCUT2D eigenvalue weighted by molar-refractivity contribution is 1.29. The number of para-hydroxylation sites is 1. The molecule has 4 rings (SSSR count). The lowest BCUT2D eigenvalue weighted by atomic mass is 10.2. The van der Waals surface area contributed by atoms with Crippen molar-refractivity contribution in [1.82, 2.24) is 15.0 Å². The van der Waals surface area contributed by atoms with Gasteiger partial charge in [-0.25, -0.2) is 9.97 Å². The molecule has 2 aromatic heterocycles. The van der Waals surface area contributed by atoms with E-state index in [4.69, 9.17) is 4.98 Å². The Kier molecular flexibility index (Phi) is 2.82. The lowest BCUT2D eigenvalue weighted by Crippen LogP contribution is -1.80. The Morgan fingerprint density at radius 3 is 2.62 bits per heavy atom. The van der Waals surface area contributed by atoms with Crippen LogP contribution < -0.4 is 0 Å². The van der Waals surface area contributed by atoms with Crippen LogP contribution in [0, 0.1) is 6.92 Å². The Balaban J connectivity index is 1.79. The first-order valence-electron chi connectivity index (χ1n) is 6.78. The Labute approximate surface area is 126 Å². The standard InChI is InChI=1S/C17H13N3S/c1-11-6-5-9-13-15(11)20-16(18-13)17-19-14(10-21-17)12-7-3-2-4-8-12/h2-10H,1H3,(H,18,20). The smallest absolute Gasteiger partial charge is 0.167 e. The molecule has 0 spiro atoms. The molecule has 4 aromatic rings. The average molecular weight is 291 g/mol. The molecule has 21 heavy (non-hydrogen) atoms. The first kappa shape index (κ1) is 12.3. The van der Waals surface area contributed by atoms with Gasteiger partial charge in [0.05, 0.1) is 16.7 Å². The maximum absolute atomic E-state index is 4.70. The number of thiazole rings is 1. The van der Waals surface area contributed by atoms with Crippen molar-refractivity contribution in [2.45, 2.75) is 6.92 Å². The highest BCUT2D eigenvalue weighted by Crippen LogP contribution is 2.29. The van der Waals surface area contributed by atoms with Gasteiger partial charge in [0.25, 0.3) is 0 Å². The van der Waals surface area contributed by atoms with Crippen LogP contribution in [0.5, 0.6) is 0 Å². The van der Waals surface area contributed by atoms with Crippen molar-refractivity contribution in [3.8, 4) is 22.1 Å². The van der Waals surface area contributed by atoms with E-state index in [0.29, 0.717) is 0 Å². The second-order valence-electron chi connectivity index (χ2n) is 4.96. The molecule has 0 amide bonds. The number of nitrogens with one attached hydrogen (secondary N) is 1. The second-order valence-corrected chi connectivity index (χ2v) is 5.82. The molecule has 2 heterocycles. The van der Waals surface area contributed by atoms with Crippen LogP contribution in [0.1, 0.15) is 5.56 Å². The molecule has 4 heteroatoms. The van der Waals surface area contributed by atoms with E-state index < -0.39 is 0 Å². The van der Waals surface area contributed by atoms with Crippen LogP contribution in [0.2, 0.25) is 0 Å². The third-order valence-electron chi connectivity index (χ3n) is 3.49. The molecular formula is C17H13N3S. The molecule has 3 nitrogen and oxygen atoms in total. The summed E-state index contributed by atoms with van der Waals surface area (Å²) in [5.74, 6) is 0.839. The first-order valence-corrected chi connectivity index (χ1v) is 7.66. The predicted molar refractivity (Wildman–Crippen MR) is 87.4 cm³/mol. The first-order chi connectivity index (χ1) is 10.3. The molecule has 0 aliphatic rings. The summed E-state index contributed by atoms with van der Waals surface area (Å²) in [6, 6.07) is 16.4. The molecule has 0 fully saturated rings. The summed E-state index contributed by atoms with van der Waals surface area (Å²) in [5, 5.41) is 2.99. The number of imidazole rings is 1. The Hall–Kier alpha value is -2.46. The van der Waals surface area contributed by atoms with Crippen molar-refractivity contribution in [3.05, 3.63) is 59.5 Å². The number of aromatic nitrogens is 3. The zero-order chi connectivity index (χ0) is 14.2. The molecule has 1 N–H and O–H groups in total. The quantitative estimate of drug-likeness (QED) is 0.583. The Morgan fingerprint density at radius 2 is 1.81 bits per heavy atom. The minimum atomic E-state index is 0.839. The van der Waals surface area contributed by atoms with Crippen molar-refractivity contribution in [1.29, 1.82) is 0 Å². The van der Waals surface area contributed by atoms with Crippen molar-refractivity contribution in [2.24, 2.45) is 0 Å². The van der Waals surface area contributed by atoms with Crippen LogP contribution in [0.25, 0.3) is 33.1 Å². The van der Waals surface area contributed by atoms with Crippen LogP contribution in [-0.2, 0) is 0 Å². The third-order valence-corrected chi connectivity index (χ3v) is 4.34. The molecule has 0 bridgehead atoms. The normalized spacial score (nSPS) is 11.1. The third kappa shape index (κ3) is 2.14. The molecule has 102 valence electrons. The van der Waals surface area contributed by atoms with Crippen LogP contribution in [0.15, 0.2) is 53.9 Å². The summed E-state index contributed by atoms with van der Waals surface area (Å²) < 4.78 is 0. The average Bonchev–Trinajstić information content (AvgIpc) is 3.15. The number of rotatable bonds is 2. The van der Waals surface area contributed by atoms with E-state index >= 15 is 0 Å². The van der Waals surface area contributed by atoms with Gasteiger partial charge >= 0.3 is 0 Å². The van der Waals surface area contributed by atoms with Crippen LogP contribution >= 0.6 is 11.3 Å². The molecule has 2 aromatic carbocycles. The summed E-state index contributed by atoms with van der Waals surface area (Å²) in [6.07, 6.45) is 0. The summed E-state index contributed by atoms with van der Waals surface area (Å²) in [6.45, 7) is 2.07. The van der Waals surface area contributed by atoms with Gasteiger partial charge in [0.1, 0.15) is 0 Å². The molecule has 0 aliphatic carbocycles.